The maximum absolute atomic E-state index is 13.0. The van der Waals surface area contributed by atoms with Crippen molar-refractivity contribution in [2.24, 2.45) is 29.1 Å². The molecule has 3 nitrogen and oxygen atoms in total. The van der Waals surface area contributed by atoms with Crippen molar-refractivity contribution in [3.05, 3.63) is 23.8 Å². The number of carbonyl (C=O) groups is 2. The number of rotatable bonds is 9. The van der Waals surface area contributed by atoms with E-state index < -0.39 is 5.60 Å². The van der Waals surface area contributed by atoms with Crippen molar-refractivity contribution in [1.29, 1.82) is 0 Å². The second-order valence-electron chi connectivity index (χ2n) is 11.5. The highest BCUT2D eigenvalue weighted by Crippen LogP contribution is 2.68. The molecule has 4 rings (SSSR count). The Kier molecular flexibility index (Phi) is 7.75. The largest absolute Gasteiger partial charge is 0.445 e. The maximum atomic E-state index is 13.0. The molecule has 0 heterocycles. The van der Waals surface area contributed by atoms with Gasteiger partial charge in [-0.2, -0.15) is 0 Å². The van der Waals surface area contributed by atoms with Gasteiger partial charge in [-0.05, 0) is 81.1 Å². The van der Waals surface area contributed by atoms with Crippen LogP contribution in [0.4, 0.5) is 0 Å². The van der Waals surface area contributed by atoms with Crippen LogP contribution >= 0.6 is 0 Å². The van der Waals surface area contributed by atoms with Crippen molar-refractivity contribution in [3.8, 4) is 12.3 Å². The first-order chi connectivity index (χ1) is 16.4. The van der Waals surface area contributed by atoms with Crippen LogP contribution in [0, 0.1) is 41.4 Å². The van der Waals surface area contributed by atoms with Gasteiger partial charge in [-0.3, -0.25) is 9.59 Å². The van der Waals surface area contributed by atoms with E-state index in [0.29, 0.717) is 42.3 Å². The van der Waals surface area contributed by atoms with Crippen LogP contribution in [0.2, 0.25) is 0 Å². The van der Waals surface area contributed by atoms with Gasteiger partial charge in [0.25, 0.3) is 0 Å². The van der Waals surface area contributed by atoms with E-state index in [0.717, 1.165) is 57.8 Å². The molecule has 6 atom stereocenters. The van der Waals surface area contributed by atoms with Gasteiger partial charge in [0.05, 0.1) is 0 Å². The van der Waals surface area contributed by atoms with E-state index in [1.807, 2.05) is 6.08 Å². The molecule has 0 spiro atoms. The lowest BCUT2D eigenvalue weighted by Crippen LogP contribution is -2.55. The van der Waals surface area contributed by atoms with Crippen molar-refractivity contribution in [2.45, 2.75) is 116 Å². The van der Waals surface area contributed by atoms with Gasteiger partial charge in [-0.1, -0.05) is 69.6 Å². The summed E-state index contributed by atoms with van der Waals surface area (Å²) >= 11 is 0. The number of unbranched alkanes of at least 4 members (excludes halogenated alkanes) is 5. The molecule has 0 amide bonds. The van der Waals surface area contributed by atoms with Crippen molar-refractivity contribution in [3.63, 3.8) is 0 Å². The molecular formula is C31H44O3. The Morgan fingerprint density at radius 3 is 2.65 bits per heavy atom. The summed E-state index contributed by atoms with van der Waals surface area (Å²) in [4.78, 5) is 25.0. The van der Waals surface area contributed by atoms with E-state index in [9.17, 15) is 9.59 Å². The van der Waals surface area contributed by atoms with Crippen molar-refractivity contribution >= 4 is 11.8 Å². The number of fused-ring (bicyclic) bond motifs is 5. The Bertz CT molecular complexity index is 876. The highest BCUT2D eigenvalue weighted by atomic mass is 16.6. The van der Waals surface area contributed by atoms with E-state index in [4.69, 9.17) is 11.2 Å². The topological polar surface area (TPSA) is 43.4 Å². The fourth-order valence-corrected chi connectivity index (χ4v) is 8.36. The van der Waals surface area contributed by atoms with E-state index in [1.54, 1.807) is 0 Å². The van der Waals surface area contributed by atoms with E-state index >= 15 is 0 Å². The Morgan fingerprint density at radius 1 is 1.15 bits per heavy atom. The minimum atomic E-state index is -0.807. The smallest absolute Gasteiger partial charge is 0.307 e. The zero-order chi connectivity index (χ0) is 24.3. The number of ketones is 1. The van der Waals surface area contributed by atoms with Crippen LogP contribution in [-0.2, 0) is 14.3 Å². The van der Waals surface area contributed by atoms with Gasteiger partial charge >= 0.3 is 5.97 Å². The summed E-state index contributed by atoms with van der Waals surface area (Å²) in [7, 11) is 0. The fraction of sp³-hybridized carbons (Fsp3) is 0.742. The number of carbonyl (C=O) groups excluding carboxylic acids is 2. The molecule has 0 aromatic heterocycles. The van der Waals surface area contributed by atoms with Crippen molar-refractivity contribution in [1.82, 2.24) is 0 Å². The SMILES string of the molecule is C#C[C@]1(OC(=O)CCCCCCCC)CCC2C3CCC4=CC(=O)CC[C@@H]4C3C(=C)C[C@@]21CC. The van der Waals surface area contributed by atoms with Crippen LogP contribution in [0.15, 0.2) is 23.8 Å². The van der Waals surface area contributed by atoms with Gasteiger partial charge in [0, 0.05) is 18.3 Å². The van der Waals surface area contributed by atoms with Crippen LogP contribution in [0.5, 0.6) is 0 Å². The predicted octanol–water partition coefficient (Wildman–Crippen LogP) is 7.35. The normalized spacial score (nSPS) is 36.7. The molecule has 3 heteroatoms. The third kappa shape index (κ3) is 4.31. The van der Waals surface area contributed by atoms with Crippen LogP contribution in [0.3, 0.4) is 0 Å². The summed E-state index contributed by atoms with van der Waals surface area (Å²) in [5, 5.41) is 0. The van der Waals surface area contributed by atoms with Gasteiger partial charge in [0.1, 0.15) is 0 Å². The molecule has 0 aliphatic heterocycles. The third-order valence-electron chi connectivity index (χ3n) is 9.92. The molecule has 3 unspecified atom stereocenters. The highest BCUT2D eigenvalue weighted by molar-refractivity contribution is 5.91. The molecule has 0 N–H and O–H groups in total. The number of hydrogen-bond donors (Lipinski definition) is 0. The number of ether oxygens (including phenoxy) is 1. The molecule has 0 saturated heterocycles. The maximum Gasteiger partial charge on any atom is 0.307 e. The minimum absolute atomic E-state index is 0.116. The molecule has 4 aliphatic carbocycles. The Balaban J connectivity index is 1.50. The molecule has 4 aliphatic rings. The quantitative estimate of drug-likeness (QED) is 0.155. The summed E-state index contributed by atoms with van der Waals surface area (Å²) < 4.78 is 6.32. The first kappa shape index (κ1) is 25.3. The van der Waals surface area contributed by atoms with Gasteiger partial charge in [0.2, 0.25) is 0 Å². The zero-order valence-corrected chi connectivity index (χ0v) is 21.5. The summed E-state index contributed by atoms with van der Waals surface area (Å²) in [6, 6.07) is 0. The van der Waals surface area contributed by atoms with E-state index in [1.165, 1.54) is 36.8 Å². The summed E-state index contributed by atoms with van der Waals surface area (Å²) in [5.74, 6) is 5.14. The third-order valence-corrected chi connectivity index (χ3v) is 9.92. The second-order valence-corrected chi connectivity index (χ2v) is 11.5. The Hall–Kier alpha value is -1.82. The van der Waals surface area contributed by atoms with Crippen molar-refractivity contribution in [2.75, 3.05) is 0 Å². The number of terminal acetylenes is 1. The van der Waals surface area contributed by atoms with Crippen LogP contribution in [0.25, 0.3) is 0 Å². The van der Waals surface area contributed by atoms with E-state index in [-0.39, 0.29) is 11.4 Å². The average molecular weight is 465 g/mol. The van der Waals surface area contributed by atoms with Crippen molar-refractivity contribution < 1.29 is 14.3 Å². The molecule has 3 saturated carbocycles. The molecule has 0 radical (unpaired) electrons. The van der Waals surface area contributed by atoms with Gasteiger partial charge in [-0.25, -0.2) is 0 Å². The van der Waals surface area contributed by atoms with Gasteiger partial charge in [0.15, 0.2) is 11.4 Å². The lowest BCUT2D eigenvalue weighted by Gasteiger charge is -2.57. The molecular weight excluding hydrogens is 420 g/mol. The molecule has 34 heavy (non-hydrogen) atoms. The molecule has 0 aromatic carbocycles. The fourth-order valence-electron chi connectivity index (χ4n) is 8.36. The van der Waals surface area contributed by atoms with Crippen LogP contribution < -0.4 is 0 Å². The summed E-state index contributed by atoms with van der Waals surface area (Å²) in [5.41, 5.74) is 1.62. The minimum Gasteiger partial charge on any atom is -0.445 e. The predicted molar refractivity (Wildman–Crippen MR) is 137 cm³/mol. The first-order valence-electron chi connectivity index (χ1n) is 14.0. The highest BCUT2D eigenvalue weighted by Gasteiger charge is 2.66. The molecule has 3 fully saturated rings. The average Bonchev–Trinajstić information content (AvgIpc) is 3.15. The zero-order valence-electron chi connectivity index (χ0n) is 21.5. The second kappa shape index (κ2) is 10.4. The molecule has 0 aromatic rings. The number of allylic oxidation sites excluding steroid dienone is 2. The standard InChI is InChI=1S/C31H44O3/c1-5-8-9-10-11-12-13-28(33)34-31(7-3)19-18-27-26-16-14-23-20-24(32)15-17-25(23)29(26)22(4)21-30(27,31)6-2/h3,20,25-27,29H,4-6,8-19,21H2,1-2H3/t25-,26?,27?,29?,30-,31-/m0/s1. The summed E-state index contributed by atoms with van der Waals surface area (Å²) in [6.07, 6.45) is 22.8. The van der Waals surface area contributed by atoms with Crippen LogP contribution in [0.1, 0.15) is 110 Å². The Labute approximate surface area is 207 Å². The summed E-state index contributed by atoms with van der Waals surface area (Å²) in [6.45, 7) is 9.05. The van der Waals surface area contributed by atoms with E-state index in [2.05, 4.69) is 26.3 Å². The Morgan fingerprint density at radius 2 is 1.91 bits per heavy atom. The number of esters is 1. The lowest BCUT2D eigenvalue weighted by atomic mass is 9.48. The van der Waals surface area contributed by atoms with Crippen LogP contribution in [-0.4, -0.2) is 17.4 Å². The molecule has 186 valence electrons. The van der Waals surface area contributed by atoms with Gasteiger partial charge < -0.3 is 4.74 Å². The lowest BCUT2D eigenvalue weighted by molar-refractivity contribution is -0.170. The van der Waals surface area contributed by atoms with Gasteiger partial charge in [-0.15, -0.1) is 6.42 Å². The monoisotopic (exact) mass is 464 g/mol. The first-order valence-corrected chi connectivity index (χ1v) is 14.0. The molecule has 0 bridgehead atoms. The number of hydrogen-bond acceptors (Lipinski definition) is 3.